The van der Waals surface area contributed by atoms with E-state index < -0.39 is 0 Å². The molecule has 2 aliphatic rings. The fourth-order valence-corrected chi connectivity index (χ4v) is 6.42. The number of thiophene rings is 1. The largest absolute Gasteiger partial charge is 0.465 e. The average Bonchev–Trinajstić information content (AvgIpc) is 3.39. The number of ether oxygens (including phenoxy) is 2. The number of anilines is 1. The molecule has 1 saturated heterocycles. The van der Waals surface area contributed by atoms with E-state index in [1.54, 1.807) is 17.7 Å². The monoisotopic (exact) mass is 458 g/mol. The molecule has 164 valence electrons. The molecule has 0 atom stereocenters. The van der Waals surface area contributed by atoms with E-state index in [-0.39, 0.29) is 17.3 Å². The third-order valence-electron chi connectivity index (χ3n) is 5.81. The Morgan fingerprint density at radius 3 is 2.87 bits per heavy atom. The van der Waals surface area contributed by atoms with Crippen LogP contribution in [0.4, 0.5) is 5.82 Å². The molecule has 0 aromatic carbocycles. The van der Waals surface area contributed by atoms with E-state index in [0.717, 1.165) is 50.8 Å². The van der Waals surface area contributed by atoms with Crippen LogP contribution in [0.25, 0.3) is 20.4 Å². The Hall–Kier alpha value is -1.97. The molecular weight excluding hydrogens is 432 g/mol. The zero-order valence-corrected chi connectivity index (χ0v) is 19.7. The number of nitrogens with zero attached hydrogens (tertiary/aromatic N) is 4. The Balaban J connectivity index is 1.66. The van der Waals surface area contributed by atoms with E-state index in [1.807, 2.05) is 6.92 Å². The summed E-state index contributed by atoms with van der Waals surface area (Å²) < 4.78 is 12.3. The predicted octanol–water partition coefficient (Wildman–Crippen LogP) is 4.35. The topological polar surface area (TPSA) is 77.4 Å². The van der Waals surface area contributed by atoms with Crippen molar-refractivity contribution in [2.75, 3.05) is 30.3 Å². The third kappa shape index (κ3) is 3.87. The van der Waals surface area contributed by atoms with Crippen molar-refractivity contribution < 1.29 is 14.3 Å². The first kappa shape index (κ1) is 20.9. The number of rotatable bonds is 5. The van der Waals surface area contributed by atoms with Gasteiger partial charge in [-0.15, -0.1) is 11.3 Å². The summed E-state index contributed by atoms with van der Waals surface area (Å²) in [6.07, 6.45) is 4.82. The van der Waals surface area contributed by atoms with Gasteiger partial charge in [0.05, 0.1) is 34.8 Å². The lowest BCUT2D eigenvalue weighted by Crippen LogP contribution is -2.33. The SMILES string of the molecule is CCOC(=O)CSc1ncnc2c1sc1nc(N3CCCC3)c3c(c12)CC(C)(C)OC3. The molecule has 0 amide bonds. The van der Waals surface area contributed by atoms with Crippen LogP contribution in [0.3, 0.4) is 0 Å². The number of esters is 1. The minimum Gasteiger partial charge on any atom is -0.465 e. The van der Waals surface area contributed by atoms with Gasteiger partial charge in [0.1, 0.15) is 22.0 Å². The lowest BCUT2D eigenvalue weighted by atomic mass is 9.90. The standard InChI is InChI=1S/C22H26N4O3S2/c1-4-28-15(27)11-30-21-18-17(23-12-24-21)16-13-9-22(2,3)29-10-14(13)19(25-20(16)31-18)26-7-5-6-8-26/h12H,4-11H2,1-3H3. The Bertz CT molecular complexity index is 1150. The van der Waals surface area contributed by atoms with Crippen LogP contribution in [-0.2, 0) is 27.3 Å². The first-order chi connectivity index (χ1) is 15.0. The minimum atomic E-state index is -0.230. The maximum Gasteiger partial charge on any atom is 0.316 e. The molecule has 3 aromatic rings. The Morgan fingerprint density at radius 1 is 1.29 bits per heavy atom. The molecule has 7 nitrogen and oxygen atoms in total. The van der Waals surface area contributed by atoms with Crippen molar-refractivity contribution in [2.24, 2.45) is 0 Å². The summed E-state index contributed by atoms with van der Waals surface area (Å²) >= 11 is 3.02. The normalized spacial score (nSPS) is 18.0. The van der Waals surface area contributed by atoms with Gasteiger partial charge >= 0.3 is 5.97 Å². The average molecular weight is 459 g/mol. The molecule has 5 heterocycles. The van der Waals surface area contributed by atoms with E-state index in [4.69, 9.17) is 14.5 Å². The van der Waals surface area contributed by atoms with Crippen LogP contribution in [0.2, 0.25) is 0 Å². The van der Waals surface area contributed by atoms with E-state index >= 15 is 0 Å². The number of carbonyl (C=O) groups is 1. The minimum absolute atomic E-state index is 0.230. The molecule has 31 heavy (non-hydrogen) atoms. The highest BCUT2D eigenvalue weighted by Crippen LogP contribution is 2.44. The number of fused-ring (bicyclic) bond motifs is 5. The molecule has 2 aliphatic heterocycles. The molecule has 0 spiro atoms. The number of carbonyl (C=O) groups excluding carboxylic acids is 1. The molecule has 0 N–H and O–H groups in total. The lowest BCUT2D eigenvalue weighted by Gasteiger charge is -2.34. The summed E-state index contributed by atoms with van der Waals surface area (Å²) in [5, 5.41) is 1.93. The van der Waals surface area contributed by atoms with Crippen LogP contribution in [-0.4, -0.2) is 52.0 Å². The van der Waals surface area contributed by atoms with Gasteiger partial charge in [-0.05, 0) is 39.2 Å². The zero-order chi connectivity index (χ0) is 21.6. The Labute approximate surface area is 189 Å². The van der Waals surface area contributed by atoms with Crippen LogP contribution >= 0.6 is 23.1 Å². The molecule has 0 saturated carbocycles. The zero-order valence-electron chi connectivity index (χ0n) is 18.1. The van der Waals surface area contributed by atoms with Crippen molar-refractivity contribution in [3.8, 4) is 0 Å². The summed E-state index contributed by atoms with van der Waals surface area (Å²) in [6.45, 7) is 9.14. The molecule has 3 aromatic heterocycles. The number of pyridine rings is 1. The van der Waals surface area contributed by atoms with Crippen LogP contribution in [0, 0.1) is 0 Å². The van der Waals surface area contributed by atoms with E-state index in [0.29, 0.717) is 13.2 Å². The van der Waals surface area contributed by atoms with E-state index in [1.165, 1.54) is 35.7 Å². The molecule has 0 bridgehead atoms. The van der Waals surface area contributed by atoms with Crippen molar-refractivity contribution >= 4 is 55.3 Å². The number of thioether (sulfide) groups is 1. The highest BCUT2D eigenvalue weighted by Gasteiger charge is 2.33. The van der Waals surface area contributed by atoms with Gasteiger partial charge < -0.3 is 14.4 Å². The van der Waals surface area contributed by atoms with Crippen LogP contribution in [0.5, 0.6) is 0 Å². The van der Waals surface area contributed by atoms with Gasteiger partial charge in [0, 0.05) is 30.5 Å². The second kappa shape index (κ2) is 8.18. The summed E-state index contributed by atoms with van der Waals surface area (Å²) in [7, 11) is 0. The Morgan fingerprint density at radius 2 is 2.10 bits per heavy atom. The highest BCUT2D eigenvalue weighted by atomic mass is 32.2. The summed E-state index contributed by atoms with van der Waals surface area (Å²) in [6, 6.07) is 0. The van der Waals surface area contributed by atoms with Crippen molar-refractivity contribution in [1.82, 2.24) is 15.0 Å². The highest BCUT2D eigenvalue weighted by molar-refractivity contribution is 8.00. The van der Waals surface area contributed by atoms with Gasteiger partial charge in [0.15, 0.2) is 0 Å². The molecule has 0 unspecified atom stereocenters. The number of hydrogen-bond acceptors (Lipinski definition) is 9. The van der Waals surface area contributed by atoms with Crippen molar-refractivity contribution in [3.05, 3.63) is 17.5 Å². The van der Waals surface area contributed by atoms with Gasteiger partial charge in [-0.25, -0.2) is 15.0 Å². The van der Waals surface area contributed by atoms with Crippen molar-refractivity contribution in [1.29, 1.82) is 0 Å². The van der Waals surface area contributed by atoms with E-state index in [2.05, 4.69) is 28.7 Å². The summed E-state index contributed by atoms with van der Waals surface area (Å²) in [5.74, 6) is 1.07. The lowest BCUT2D eigenvalue weighted by molar-refractivity contribution is -0.139. The second-order valence-electron chi connectivity index (χ2n) is 8.54. The van der Waals surface area contributed by atoms with Crippen LogP contribution in [0.15, 0.2) is 11.4 Å². The molecular formula is C22H26N4O3S2. The first-order valence-electron chi connectivity index (χ1n) is 10.7. The van der Waals surface area contributed by atoms with Gasteiger partial charge in [0.2, 0.25) is 0 Å². The van der Waals surface area contributed by atoms with Gasteiger partial charge in [-0.2, -0.15) is 0 Å². The second-order valence-corrected chi connectivity index (χ2v) is 10.5. The van der Waals surface area contributed by atoms with Crippen molar-refractivity contribution in [3.63, 3.8) is 0 Å². The maximum atomic E-state index is 11.9. The fourth-order valence-electron chi connectivity index (χ4n) is 4.39. The van der Waals surface area contributed by atoms with E-state index in [9.17, 15) is 4.79 Å². The fraction of sp³-hybridized carbons (Fsp3) is 0.545. The molecule has 0 aliphatic carbocycles. The number of aromatic nitrogens is 3. The molecule has 0 radical (unpaired) electrons. The van der Waals surface area contributed by atoms with Crippen molar-refractivity contribution in [2.45, 2.75) is 57.3 Å². The molecule has 1 fully saturated rings. The Kier molecular flexibility index (Phi) is 5.52. The smallest absolute Gasteiger partial charge is 0.316 e. The predicted molar refractivity (Wildman–Crippen MR) is 124 cm³/mol. The van der Waals surface area contributed by atoms with Crippen LogP contribution < -0.4 is 4.90 Å². The van der Waals surface area contributed by atoms with Gasteiger partial charge in [-0.3, -0.25) is 4.79 Å². The maximum absolute atomic E-state index is 11.9. The van der Waals surface area contributed by atoms with Gasteiger partial charge in [-0.1, -0.05) is 11.8 Å². The van der Waals surface area contributed by atoms with Crippen LogP contribution in [0.1, 0.15) is 44.7 Å². The summed E-state index contributed by atoms with van der Waals surface area (Å²) in [4.78, 5) is 29.5. The quantitative estimate of drug-likeness (QED) is 0.317. The molecule has 9 heteroatoms. The molecule has 5 rings (SSSR count). The summed E-state index contributed by atoms with van der Waals surface area (Å²) in [5.41, 5.74) is 3.20. The third-order valence-corrected chi connectivity index (χ3v) is 7.98. The van der Waals surface area contributed by atoms with Gasteiger partial charge in [0.25, 0.3) is 0 Å². The first-order valence-corrected chi connectivity index (χ1v) is 12.5. The number of hydrogen-bond donors (Lipinski definition) is 0.